The fraction of sp³-hybridized carbons (Fsp3) is 0.208. The number of amides is 3. The summed E-state index contributed by atoms with van der Waals surface area (Å²) in [4.78, 5) is 37.0. The van der Waals surface area contributed by atoms with Crippen LogP contribution >= 0.6 is 24.0 Å². The predicted octanol–water partition coefficient (Wildman–Crippen LogP) is 5.64. The number of halogens is 3. The van der Waals surface area contributed by atoms with Crippen molar-refractivity contribution >= 4 is 58.2 Å². The van der Waals surface area contributed by atoms with Crippen LogP contribution in [0, 0.1) is 0 Å². The van der Waals surface area contributed by atoms with Crippen molar-refractivity contribution in [3.63, 3.8) is 0 Å². The Morgan fingerprint density at radius 2 is 1.81 bits per heavy atom. The summed E-state index contributed by atoms with van der Waals surface area (Å²) in [5.74, 6) is -0.0488. The number of alkyl halides is 3. The third-order valence-electron chi connectivity index (χ3n) is 5.48. The van der Waals surface area contributed by atoms with E-state index in [1.807, 2.05) is 0 Å². The number of aromatic nitrogens is 2. The highest BCUT2D eigenvalue weighted by atomic mass is 32.2. The molecule has 1 aromatic carbocycles. The molecular formula is C24H21F3N6O2S2. The SMILES string of the molecule is CC1(C)C(=O)N(c2ccc(SC(F)(F)F)cc2)C(=O)N1Cc1ccnc(NC(=S)Nc2cccnc2)c1. The molecular weight excluding hydrogens is 525 g/mol. The molecule has 3 aromatic rings. The third-order valence-corrected chi connectivity index (χ3v) is 6.42. The molecule has 2 aromatic heterocycles. The average molecular weight is 547 g/mol. The lowest BCUT2D eigenvalue weighted by Gasteiger charge is -2.27. The van der Waals surface area contributed by atoms with Gasteiger partial charge in [-0.05, 0) is 91.9 Å². The number of rotatable bonds is 6. The van der Waals surface area contributed by atoms with E-state index in [1.165, 1.54) is 29.2 Å². The molecule has 1 aliphatic rings. The Labute approximate surface area is 220 Å². The fourth-order valence-corrected chi connectivity index (χ4v) is 4.43. The molecule has 13 heteroatoms. The molecule has 8 nitrogen and oxygen atoms in total. The van der Waals surface area contributed by atoms with Crippen LogP contribution in [0.4, 0.5) is 35.2 Å². The number of anilines is 3. The molecule has 0 radical (unpaired) electrons. The summed E-state index contributed by atoms with van der Waals surface area (Å²) in [6.45, 7) is 3.33. The molecule has 0 atom stereocenters. The molecule has 1 saturated heterocycles. The number of urea groups is 1. The summed E-state index contributed by atoms with van der Waals surface area (Å²) < 4.78 is 37.9. The highest BCUT2D eigenvalue weighted by Gasteiger charge is 2.51. The minimum Gasteiger partial charge on any atom is -0.331 e. The summed E-state index contributed by atoms with van der Waals surface area (Å²) in [5.41, 5.74) is -4.04. The van der Waals surface area contributed by atoms with Crippen LogP contribution in [-0.2, 0) is 11.3 Å². The highest BCUT2D eigenvalue weighted by Crippen LogP contribution is 2.39. The summed E-state index contributed by atoms with van der Waals surface area (Å²) in [7, 11) is 0. The Bertz CT molecular complexity index is 1320. The lowest BCUT2D eigenvalue weighted by atomic mass is 10.0. The zero-order chi connectivity index (χ0) is 26.8. The van der Waals surface area contributed by atoms with Crippen LogP contribution in [-0.4, -0.2) is 43.0 Å². The van der Waals surface area contributed by atoms with Gasteiger partial charge in [-0.1, -0.05) is 0 Å². The largest absolute Gasteiger partial charge is 0.446 e. The predicted molar refractivity (Wildman–Crippen MR) is 139 cm³/mol. The van der Waals surface area contributed by atoms with Gasteiger partial charge in [0.1, 0.15) is 11.4 Å². The molecule has 4 rings (SSSR count). The van der Waals surface area contributed by atoms with Gasteiger partial charge in [-0.25, -0.2) is 14.7 Å². The number of carbonyl (C=O) groups excluding carboxylic acids is 2. The number of nitrogens with zero attached hydrogens (tertiary/aromatic N) is 4. The molecule has 1 aliphatic heterocycles. The zero-order valence-electron chi connectivity index (χ0n) is 19.6. The van der Waals surface area contributed by atoms with Crippen molar-refractivity contribution in [2.75, 3.05) is 15.5 Å². The van der Waals surface area contributed by atoms with Crippen LogP contribution in [0.15, 0.2) is 72.0 Å². The van der Waals surface area contributed by atoms with Crippen molar-refractivity contribution in [2.45, 2.75) is 36.3 Å². The van der Waals surface area contributed by atoms with Crippen molar-refractivity contribution in [3.8, 4) is 0 Å². The quantitative estimate of drug-likeness (QED) is 0.233. The van der Waals surface area contributed by atoms with Gasteiger partial charge in [0.25, 0.3) is 5.91 Å². The monoisotopic (exact) mass is 546 g/mol. The highest BCUT2D eigenvalue weighted by molar-refractivity contribution is 8.00. The Kier molecular flexibility index (Phi) is 7.37. The second kappa shape index (κ2) is 10.3. The molecule has 0 bridgehead atoms. The minimum atomic E-state index is -4.43. The lowest BCUT2D eigenvalue weighted by Crippen LogP contribution is -2.43. The van der Waals surface area contributed by atoms with E-state index in [9.17, 15) is 22.8 Å². The average Bonchev–Trinajstić information content (AvgIpc) is 2.99. The van der Waals surface area contributed by atoms with E-state index in [1.54, 1.807) is 56.7 Å². The van der Waals surface area contributed by atoms with E-state index in [0.29, 0.717) is 22.2 Å². The van der Waals surface area contributed by atoms with Gasteiger partial charge < -0.3 is 15.5 Å². The maximum atomic E-state index is 13.3. The molecule has 3 heterocycles. The number of carbonyl (C=O) groups is 2. The molecule has 37 heavy (non-hydrogen) atoms. The third kappa shape index (κ3) is 6.17. The Hall–Kier alpha value is -3.71. The van der Waals surface area contributed by atoms with Crippen LogP contribution in [0.2, 0.25) is 0 Å². The number of nitrogens with one attached hydrogen (secondary N) is 2. The van der Waals surface area contributed by atoms with Gasteiger partial charge in [0, 0.05) is 23.8 Å². The van der Waals surface area contributed by atoms with Crippen molar-refractivity contribution in [1.29, 1.82) is 0 Å². The van der Waals surface area contributed by atoms with E-state index in [-0.39, 0.29) is 28.9 Å². The molecule has 0 aliphatic carbocycles. The number of hydrogen-bond acceptors (Lipinski definition) is 6. The first-order chi connectivity index (χ1) is 17.4. The molecule has 0 spiro atoms. The van der Waals surface area contributed by atoms with Crippen LogP contribution in [0.3, 0.4) is 0 Å². The maximum Gasteiger partial charge on any atom is 0.446 e. The Morgan fingerprint density at radius 1 is 1.08 bits per heavy atom. The van der Waals surface area contributed by atoms with Crippen molar-refractivity contribution in [2.24, 2.45) is 0 Å². The van der Waals surface area contributed by atoms with Gasteiger partial charge >= 0.3 is 11.5 Å². The molecule has 192 valence electrons. The zero-order valence-corrected chi connectivity index (χ0v) is 21.2. The number of thioether (sulfide) groups is 1. The number of pyridine rings is 2. The number of hydrogen-bond donors (Lipinski definition) is 2. The number of benzene rings is 1. The second-order valence-corrected chi connectivity index (χ2v) is 10.0. The molecule has 2 N–H and O–H groups in total. The first-order valence-electron chi connectivity index (χ1n) is 10.9. The smallest absolute Gasteiger partial charge is 0.331 e. The molecule has 3 amide bonds. The van der Waals surface area contributed by atoms with Crippen molar-refractivity contribution in [3.05, 3.63) is 72.7 Å². The lowest BCUT2D eigenvalue weighted by molar-refractivity contribution is -0.123. The molecule has 0 saturated carbocycles. The minimum absolute atomic E-state index is 0.0424. The van der Waals surface area contributed by atoms with E-state index < -0.39 is 23.0 Å². The normalized spacial score (nSPS) is 15.2. The summed E-state index contributed by atoms with van der Waals surface area (Å²) in [5, 5.41) is 6.25. The Morgan fingerprint density at radius 3 is 2.46 bits per heavy atom. The maximum absolute atomic E-state index is 13.3. The van der Waals surface area contributed by atoms with Gasteiger partial charge in [-0.15, -0.1) is 0 Å². The standard InChI is InChI=1S/C24H21F3N6O2S2/c1-23(2)20(34)33(17-5-7-18(8-6-17)37-24(25,26)27)22(35)32(23)14-15-9-11-29-19(12-15)31-21(36)30-16-4-3-10-28-13-16/h3-13H,14H2,1-2H3,(H2,29,30,31,36). The van der Waals surface area contributed by atoms with E-state index >= 15 is 0 Å². The van der Waals surface area contributed by atoms with E-state index in [2.05, 4.69) is 20.6 Å². The summed E-state index contributed by atoms with van der Waals surface area (Å²) in [6, 6.07) is 11.5. The van der Waals surface area contributed by atoms with Crippen LogP contribution in [0.5, 0.6) is 0 Å². The Balaban J connectivity index is 1.48. The van der Waals surface area contributed by atoms with Crippen LogP contribution < -0.4 is 15.5 Å². The second-order valence-electron chi connectivity index (χ2n) is 8.48. The summed E-state index contributed by atoms with van der Waals surface area (Å²) >= 11 is 5.05. The topological polar surface area (TPSA) is 90.5 Å². The first kappa shape index (κ1) is 26.4. The van der Waals surface area contributed by atoms with Gasteiger partial charge in [0.15, 0.2) is 5.11 Å². The van der Waals surface area contributed by atoms with Gasteiger partial charge in [-0.3, -0.25) is 9.78 Å². The van der Waals surface area contributed by atoms with Gasteiger partial charge in [0.05, 0.1) is 17.6 Å². The fourth-order valence-electron chi connectivity index (χ4n) is 3.66. The molecule has 1 fully saturated rings. The number of thiocarbonyl (C=S) groups is 1. The van der Waals surface area contributed by atoms with E-state index in [0.717, 1.165) is 4.90 Å². The van der Waals surface area contributed by atoms with Crippen molar-refractivity contribution in [1.82, 2.24) is 14.9 Å². The van der Waals surface area contributed by atoms with E-state index in [4.69, 9.17) is 12.2 Å². The molecule has 0 unspecified atom stereocenters. The van der Waals surface area contributed by atoms with Crippen LogP contribution in [0.1, 0.15) is 19.4 Å². The van der Waals surface area contributed by atoms with Gasteiger partial charge in [0.2, 0.25) is 0 Å². The van der Waals surface area contributed by atoms with Gasteiger partial charge in [-0.2, -0.15) is 13.2 Å². The number of imide groups is 1. The van der Waals surface area contributed by atoms with Crippen LogP contribution in [0.25, 0.3) is 0 Å². The summed E-state index contributed by atoms with van der Waals surface area (Å²) in [6.07, 6.45) is 4.81. The van der Waals surface area contributed by atoms with Crippen molar-refractivity contribution < 1.29 is 22.8 Å². The first-order valence-corrected chi connectivity index (χ1v) is 12.1.